The molecule has 0 fully saturated rings. The zero-order chi connectivity index (χ0) is 34.1. The van der Waals surface area contributed by atoms with Crippen molar-refractivity contribution in [1.29, 1.82) is 0 Å². The third-order valence-corrected chi connectivity index (χ3v) is 9.62. The minimum atomic E-state index is -0.333. The fraction of sp³-hybridized carbons (Fsp3) is 0.214. The van der Waals surface area contributed by atoms with Gasteiger partial charge in [-0.3, -0.25) is 15.0 Å². The molecule has 3 heterocycles. The van der Waals surface area contributed by atoms with E-state index in [1.54, 1.807) is 0 Å². The van der Waals surface area contributed by atoms with Crippen LogP contribution in [0.3, 0.4) is 0 Å². The lowest BCUT2D eigenvalue weighted by Crippen LogP contribution is -2.20. The minimum Gasteiger partial charge on any atom is -0.372 e. The molecule has 1 atom stereocenters. The van der Waals surface area contributed by atoms with Gasteiger partial charge in [0.05, 0.1) is 21.0 Å². The van der Waals surface area contributed by atoms with E-state index in [2.05, 4.69) is 168 Å². The van der Waals surface area contributed by atoms with Gasteiger partial charge in [0.2, 0.25) is 0 Å². The Morgan fingerprint density at radius 3 is 1.43 bits per heavy atom. The summed E-state index contributed by atoms with van der Waals surface area (Å²) in [5, 5.41) is 17.6. The van der Waals surface area contributed by atoms with Crippen molar-refractivity contribution in [1.82, 2.24) is 16.0 Å². The quantitative estimate of drug-likeness (QED) is 0.165. The molecule has 3 aliphatic heterocycles. The number of benzene rings is 6. The van der Waals surface area contributed by atoms with Gasteiger partial charge in [0, 0.05) is 43.4 Å². The van der Waals surface area contributed by atoms with Crippen LogP contribution in [0.1, 0.15) is 18.1 Å². The molecule has 3 N–H and O–H groups in total. The summed E-state index contributed by atoms with van der Waals surface area (Å²) in [5.74, 6) is 3.16. The lowest BCUT2D eigenvalue weighted by Gasteiger charge is -2.08. The monoisotopic (exact) mass is 710 g/mol. The molecule has 246 valence electrons. The molecule has 0 radical (unpaired) electrons. The second kappa shape index (κ2) is 15.9. The fourth-order valence-electron chi connectivity index (χ4n) is 6.52. The van der Waals surface area contributed by atoms with Crippen LogP contribution in [0.25, 0.3) is 32.3 Å². The van der Waals surface area contributed by atoms with E-state index in [0.29, 0.717) is 6.54 Å². The van der Waals surface area contributed by atoms with E-state index in [9.17, 15) is 0 Å². The van der Waals surface area contributed by atoms with Crippen molar-refractivity contribution in [2.24, 2.45) is 15.0 Å². The Morgan fingerprint density at radius 2 is 0.918 bits per heavy atom. The fourth-order valence-corrected chi connectivity index (χ4v) is 7.00. The van der Waals surface area contributed by atoms with Crippen LogP contribution in [-0.2, 0) is 19.3 Å². The maximum Gasteiger partial charge on any atom is 0.101 e. The van der Waals surface area contributed by atoms with Crippen LogP contribution in [0.2, 0.25) is 0 Å². The van der Waals surface area contributed by atoms with E-state index in [1.165, 1.54) is 49.0 Å². The SMILES string of the molecule is Brc1ccc(CC2=NCCN2)c2ccccc12.[3H]C1CNC(Cc2cccc3ccccc23)=N1.c1ccc2c(CC3=NCCN3)cccc2c1. The molecule has 6 aromatic rings. The Hall–Kier alpha value is -5.01. The number of rotatable bonds is 6. The van der Waals surface area contributed by atoms with E-state index in [-0.39, 0.29) is 6.52 Å². The van der Waals surface area contributed by atoms with Crippen LogP contribution in [-0.4, -0.2) is 56.8 Å². The third-order valence-electron chi connectivity index (χ3n) is 8.93. The maximum absolute atomic E-state index is 7.54. The van der Waals surface area contributed by atoms with E-state index >= 15 is 0 Å². The highest BCUT2D eigenvalue weighted by Gasteiger charge is 2.11. The summed E-state index contributed by atoms with van der Waals surface area (Å²) < 4.78 is 8.69. The molecule has 0 aromatic heterocycles. The zero-order valence-corrected chi connectivity index (χ0v) is 29.1. The molecule has 0 bridgehead atoms. The summed E-state index contributed by atoms with van der Waals surface area (Å²) in [6.45, 7) is 4.09. The van der Waals surface area contributed by atoms with Crippen molar-refractivity contribution >= 4 is 65.8 Å². The number of fused-ring (bicyclic) bond motifs is 3. The molecule has 6 nitrogen and oxygen atoms in total. The van der Waals surface area contributed by atoms with Crippen molar-refractivity contribution in [3.63, 3.8) is 0 Å². The van der Waals surface area contributed by atoms with Crippen LogP contribution in [0.4, 0.5) is 0 Å². The van der Waals surface area contributed by atoms with Crippen LogP contribution < -0.4 is 16.0 Å². The van der Waals surface area contributed by atoms with Crippen molar-refractivity contribution in [2.45, 2.75) is 19.3 Å². The lowest BCUT2D eigenvalue weighted by atomic mass is 10.0. The lowest BCUT2D eigenvalue weighted by molar-refractivity contribution is 0.953. The van der Waals surface area contributed by atoms with E-state index in [0.717, 1.165) is 67.4 Å². The number of amidine groups is 3. The summed E-state index contributed by atoms with van der Waals surface area (Å²) in [6.07, 6.45) is 2.60. The van der Waals surface area contributed by atoms with Crippen LogP contribution in [0.5, 0.6) is 0 Å². The number of nitrogens with one attached hydrogen (secondary N) is 3. The van der Waals surface area contributed by atoms with Gasteiger partial charge in [-0.2, -0.15) is 0 Å². The first-order valence-electron chi connectivity index (χ1n) is 17.5. The standard InChI is InChI=1S/C14H13BrN2.2C14H14N2/c15-13-6-5-10(9-14-16-7-8-17-14)11-3-1-2-4-12(11)13;2*1-2-7-13-11(4-1)5-3-6-12(13)10-14-15-8-9-16-14/h1-6H,7-9H2,(H,16,17);2*1-7H,8-10H2,(H,15,16)/i;8T;. The molecule has 7 heteroatoms. The molecule has 0 saturated carbocycles. The molecule has 0 spiro atoms. The predicted molar refractivity (Wildman–Crippen MR) is 212 cm³/mol. The number of hydrogen-bond donors (Lipinski definition) is 3. The van der Waals surface area contributed by atoms with E-state index in [1.807, 2.05) is 0 Å². The second-order valence-electron chi connectivity index (χ2n) is 12.2. The van der Waals surface area contributed by atoms with Gasteiger partial charge in [-0.05, 0) is 55.1 Å². The van der Waals surface area contributed by atoms with Gasteiger partial charge in [-0.15, -0.1) is 0 Å². The molecule has 0 amide bonds. The molecule has 0 aliphatic carbocycles. The zero-order valence-electron chi connectivity index (χ0n) is 28.5. The van der Waals surface area contributed by atoms with Gasteiger partial charge in [0.1, 0.15) is 17.5 Å². The largest absolute Gasteiger partial charge is 0.372 e. The van der Waals surface area contributed by atoms with E-state index in [4.69, 9.17) is 1.37 Å². The maximum atomic E-state index is 7.54. The summed E-state index contributed by atoms with van der Waals surface area (Å²) in [5.41, 5.74) is 3.95. The normalized spacial score (nSPS) is 16.6. The average molecular weight is 712 g/mol. The molecule has 1 unspecified atom stereocenters. The first-order chi connectivity index (χ1) is 24.6. The Morgan fingerprint density at radius 1 is 0.469 bits per heavy atom. The third kappa shape index (κ3) is 8.18. The van der Waals surface area contributed by atoms with Crippen molar-refractivity contribution in [3.8, 4) is 0 Å². The van der Waals surface area contributed by atoms with Gasteiger partial charge in [0.25, 0.3) is 0 Å². The van der Waals surface area contributed by atoms with Gasteiger partial charge in [0.15, 0.2) is 0 Å². The molecule has 6 aromatic carbocycles. The Kier molecular flexibility index (Phi) is 10.2. The van der Waals surface area contributed by atoms with Crippen LogP contribution in [0.15, 0.2) is 141 Å². The van der Waals surface area contributed by atoms with Crippen molar-refractivity contribution in [2.75, 3.05) is 39.2 Å². The second-order valence-corrected chi connectivity index (χ2v) is 13.1. The molecule has 0 saturated heterocycles. The molecular formula is C42H41BrN6. The molecule has 9 rings (SSSR count). The van der Waals surface area contributed by atoms with E-state index < -0.39 is 0 Å². The average Bonchev–Trinajstić information content (AvgIpc) is 3.96. The Balaban J connectivity index is 0.000000118. The smallest absolute Gasteiger partial charge is 0.101 e. The van der Waals surface area contributed by atoms with Crippen molar-refractivity contribution < 1.29 is 1.37 Å². The van der Waals surface area contributed by atoms with Gasteiger partial charge in [-0.25, -0.2) is 0 Å². The molecular weight excluding hydrogens is 668 g/mol. The van der Waals surface area contributed by atoms with Gasteiger partial charge in [-0.1, -0.05) is 131 Å². The summed E-state index contributed by atoms with van der Waals surface area (Å²) in [7, 11) is 0. The summed E-state index contributed by atoms with van der Waals surface area (Å²) >= 11 is 3.60. The number of aliphatic imine (C=N–C) groups is 3. The number of halogens is 1. The number of hydrogen-bond acceptors (Lipinski definition) is 6. The molecule has 49 heavy (non-hydrogen) atoms. The van der Waals surface area contributed by atoms with Gasteiger partial charge >= 0.3 is 0 Å². The minimum absolute atomic E-state index is 0.333. The Labute approximate surface area is 298 Å². The highest BCUT2D eigenvalue weighted by molar-refractivity contribution is 9.10. The first-order valence-corrected chi connectivity index (χ1v) is 17.8. The summed E-state index contributed by atoms with van der Waals surface area (Å²) in [4.78, 5) is 13.2. The van der Waals surface area contributed by atoms with Gasteiger partial charge < -0.3 is 16.0 Å². The highest BCUT2D eigenvalue weighted by Crippen LogP contribution is 2.27. The summed E-state index contributed by atoms with van der Waals surface area (Å²) in [6, 6.07) is 42.4. The highest BCUT2D eigenvalue weighted by atomic mass is 79.9. The predicted octanol–water partition coefficient (Wildman–Crippen LogP) is 7.91. The number of nitrogens with zero attached hydrogens (tertiary/aromatic N) is 3. The topological polar surface area (TPSA) is 73.2 Å². The van der Waals surface area contributed by atoms with Crippen LogP contribution in [0, 0.1) is 0 Å². The van der Waals surface area contributed by atoms with Crippen molar-refractivity contribution in [3.05, 3.63) is 142 Å². The first kappa shape index (κ1) is 31.3. The molecule has 3 aliphatic rings. The van der Waals surface area contributed by atoms with Crippen LogP contribution >= 0.6 is 15.9 Å². The Bertz CT molecular complexity index is 2200.